The Morgan fingerprint density at radius 2 is 2.10 bits per heavy atom. The second-order valence-electron chi connectivity index (χ2n) is 5.99. The van der Waals surface area contributed by atoms with E-state index in [9.17, 15) is 4.79 Å². The Morgan fingerprint density at radius 1 is 1.33 bits per heavy atom. The fourth-order valence-corrected chi connectivity index (χ4v) is 2.01. The Bertz CT molecular complexity index is 406. The first-order valence-electron chi connectivity index (χ1n) is 7.55. The van der Waals surface area contributed by atoms with Crippen LogP contribution in [0.5, 0.6) is 0 Å². The molecule has 0 saturated carbocycles. The van der Waals surface area contributed by atoms with Crippen LogP contribution in [0.15, 0.2) is 24.5 Å². The summed E-state index contributed by atoms with van der Waals surface area (Å²) in [6.45, 7) is 7.32. The molecule has 0 radical (unpaired) electrons. The van der Waals surface area contributed by atoms with E-state index in [0.717, 1.165) is 31.6 Å². The van der Waals surface area contributed by atoms with Crippen molar-refractivity contribution >= 4 is 6.03 Å². The van der Waals surface area contributed by atoms with Crippen molar-refractivity contribution in [1.82, 2.24) is 20.1 Å². The molecule has 0 aliphatic heterocycles. The van der Waals surface area contributed by atoms with E-state index in [1.165, 1.54) is 0 Å². The van der Waals surface area contributed by atoms with Gasteiger partial charge in [-0.2, -0.15) is 0 Å². The first-order valence-corrected chi connectivity index (χ1v) is 7.55. The fourth-order valence-electron chi connectivity index (χ4n) is 2.01. The fraction of sp³-hybridized carbons (Fsp3) is 0.625. The van der Waals surface area contributed by atoms with Gasteiger partial charge in [-0.1, -0.05) is 19.9 Å². The summed E-state index contributed by atoms with van der Waals surface area (Å²) in [7, 11) is 4.04. The normalized spacial score (nSPS) is 11.0. The van der Waals surface area contributed by atoms with E-state index in [2.05, 4.69) is 29.0 Å². The highest BCUT2D eigenvalue weighted by Crippen LogP contribution is 2.00. The number of nitrogens with one attached hydrogen (secondary N) is 1. The second-order valence-corrected chi connectivity index (χ2v) is 5.99. The van der Waals surface area contributed by atoms with Crippen LogP contribution in [-0.4, -0.2) is 61.1 Å². The molecule has 5 heteroatoms. The van der Waals surface area contributed by atoms with E-state index in [4.69, 9.17) is 0 Å². The summed E-state index contributed by atoms with van der Waals surface area (Å²) in [5.74, 6) is 0.469. The first-order chi connectivity index (χ1) is 9.99. The number of pyridine rings is 1. The summed E-state index contributed by atoms with van der Waals surface area (Å²) >= 11 is 0. The van der Waals surface area contributed by atoms with Crippen molar-refractivity contribution in [2.45, 2.75) is 20.3 Å². The molecule has 0 aliphatic carbocycles. The molecule has 1 rings (SSSR count). The van der Waals surface area contributed by atoms with Gasteiger partial charge < -0.3 is 15.1 Å². The minimum Gasteiger partial charge on any atom is -0.338 e. The molecule has 118 valence electrons. The Labute approximate surface area is 128 Å². The summed E-state index contributed by atoms with van der Waals surface area (Å²) in [6.07, 6.45) is 4.40. The SMILES string of the molecule is CC(C)CN(CCN(C)C)C(=O)NCCc1cccnc1. The highest BCUT2D eigenvalue weighted by molar-refractivity contribution is 5.74. The molecule has 0 spiro atoms. The van der Waals surface area contributed by atoms with Gasteiger partial charge in [0.05, 0.1) is 0 Å². The number of rotatable bonds is 8. The summed E-state index contributed by atoms with van der Waals surface area (Å²) < 4.78 is 0. The number of carbonyl (C=O) groups excluding carboxylic acids is 1. The van der Waals surface area contributed by atoms with Gasteiger partial charge in [-0.25, -0.2) is 4.79 Å². The molecule has 1 N–H and O–H groups in total. The third kappa shape index (κ3) is 7.66. The zero-order valence-corrected chi connectivity index (χ0v) is 13.7. The molecule has 2 amide bonds. The van der Waals surface area contributed by atoms with Gasteiger partial charge >= 0.3 is 6.03 Å². The standard InChI is InChI=1S/C16H28N4O/c1-14(2)13-20(11-10-19(3)4)16(21)18-9-7-15-6-5-8-17-12-15/h5-6,8,12,14H,7,9-11,13H2,1-4H3,(H,18,21). The molecule has 0 bridgehead atoms. The monoisotopic (exact) mass is 292 g/mol. The van der Waals surface area contributed by atoms with Crippen LogP contribution in [0, 0.1) is 5.92 Å². The van der Waals surface area contributed by atoms with Gasteiger partial charge in [-0.05, 0) is 38.1 Å². The molecular formula is C16H28N4O. The van der Waals surface area contributed by atoms with Crippen molar-refractivity contribution < 1.29 is 4.79 Å². The van der Waals surface area contributed by atoms with Gasteiger partial charge in [0.2, 0.25) is 0 Å². The third-order valence-corrected chi connectivity index (χ3v) is 3.10. The maximum absolute atomic E-state index is 12.3. The van der Waals surface area contributed by atoms with Crippen molar-refractivity contribution in [3.05, 3.63) is 30.1 Å². The molecule has 0 atom stereocenters. The molecule has 0 unspecified atom stereocenters. The number of hydrogen-bond acceptors (Lipinski definition) is 3. The van der Waals surface area contributed by atoms with Crippen LogP contribution in [0.4, 0.5) is 4.79 Å². The average molecular weight is 292 g/mol. The van der Waals surface area contributed by atoms with E-state index in [1.807, 2.05) is 37.3 Å². The van der Waals surface area contributed by atoms with E-state index in [0.29, 0.717) is 12.5 Å². The van der Waals surface area contributed by atoms with Gasteiger partial charge in [0.25, 0.3) is 0 Å². The van der Waals surface area contributed by atoms with Crippen LogP contribution < -0.4 is 5.32 Å². The molecule has 1 aromatic rings. The minimum atomic E-state index is 0.0226. The minimum absolute atomic E-state index is 0.0226. The number of nitrogens with zero attached hydrogens (tertiary/aromatic N) is 3. The summed E-state index contributed by atoms with van der Waals surface area (Å²) in [5.41, 5.74) is 1.14. The molecule has 0 saturated heterocycles. The molecule has 0 aliphatic rings. The predicted octanol–water partition coefficient (Wildman–Crippen LogP) is 1.85. The Morgan fingerprint density at radius 3 is 2.67 bits per heavy atom. The zero-order chi connectivity index (χ0) is 15.7. The van der Waals surface area contributed by atoms with Crippen molar-refractivity contribution in [1.29, 1.82) is 0 Å². The van der Waals surface area contributed by atoms with Crippen molar-refractivity contribution in [3.63, 3.8) is 0 Å². The van der Waals surface area contributed by atoms with Crippen molar-refractivity contribution in [2.24, 2.45) is 5.92 Å². The van der Waals surface area contributed by atoms with Crippen LogP contribution in [-0.2, 0) is 6.42 Å². The van der Waals surface area contributed by atoms with E-state index >= 15 is 0 Å². The maximum Gasteiger partial charge on any atom is 0.317 e. The van der Waals surface area contributed by atoms with Crippen LogP contribution in [0.25, 0.3) is 0 Å². The number of urea groups is 1. The lowest BCUT2D eigenvalue weighted by Crippen LogP contribution is -2.45. The molecular weight excluding hydrogens is 264 g/mol. The predicted molar refractivity (Wildman–Crippen MR) is 86.3 cm³/mol. The van der Waals surface area contributed by atoms with Gasteiger partial charge in [0.15, 0.2) is 0 Å². The number of likely N-dealkylation sites (N-methyl/N-ethyl adjacent to an activating group) is 1. The molecule has 21 heavy (non-hydrogen) atoms. The Hall–Kier alpha value is -1.62. The van der Waals surface area contributed by atoms with Crippen LogP contribution >= 0.6 is 0 Å². The Balaban J connectivity index is 2.40. The van der Waals surface area contributed by atoms with Gasteiger partial charge in [-0.15, -0.1) is 0 Å². The largest absolute Gasteiger partial charge is 0.338 e. The van der Waals surface area contributed by atoms with E-state index in [-0.39, 0.29) is 6.03 Å². The smallest absolute Gasteiger partial charge is 0.317 e. The molecule has 5 nitrogen and oxygen atoms in total. The van der Waals surface area contributed by atoms with Gasteiger partial charge in [0.1, 0.15) is 0 Å². The van der Waals surface area contributed by atoms with Gasteiger partial charge in [-0.3, -0.25) is 4.98 Å². The van der Waals surface area contributed by atoms with Gasteiger partial charge in [0, 0.05) is 38.6 Å². The lowest BCUT2D eigenvalue weighted by molar-refractivity contribution is 0.184. The molecule has 1 heterocycles. The van der Waals surface area contributed by atoms with E-state index in [1.54, 1.807) is 6.20 Å². The average Bonchev–Trinajstić information content (AvgIpc) is 2.44. The molecule has 1 aromatic heterocycles. The molecule has 0 fully saturated rings. The topological polar surface area (TPSA) is 48.5 Å². The van der Waals surface area contributed by atoms with Crippen LogP contribution in [0.2, 0.25) is 0 Å². The summed E-state index contributed by atoms with van der Waals surface area (Å²) in [6, 6.07) is 3.96. The number of hydrogen-bond donors (Lipinski definition) is 1. The van der Waals surface area contributed by atoms with E-state index < -0.39 is 0 Å². The number of carbonyl (C=O) groups is 1. The van der Waals surface area contributed by atoms with Crippen LogP contribution in [0.1, 0.15) is 19.4 Å². The quantitative estimate of drug-likeness (QED) is 0.795. The summed E-state index contributed by atoms with van der Waals surface area (Å²) in [5, 5.41) is 3.00. The number of amides is 2. The van der Waals surface area contributed by atoms with Crippen molar-refractivity contribution in [2.75, 3.05) is 40.3 Å². The summed E-state index contributed by atoms with van der Waals surface area (Å²) in [4.78, 5) is 20.3. The lowest BCUT2D eigenvalue weighted by Gasteiger charge is -2.26. The second kappa shape index (κ2) is 9.34. The number of aromatic nitrogens is 1. The Kier molecular flexibility index (Phi) is 7.75. The first kappa shape index (κ1) is 17.4. The third-order valence-electron chi connectivity index (χ3n) is 3.10. The van der Waals surface area contributed by atoms with Crippen LogP contribution in [0.3, 0.4) is 0 Å². The van der Waals surface area contributed by atoms with Crippen molar-refractivity contribution in [3.8, 4) is 0 Å². The zero-order valence-electron chi connectivity index (χ0n) is 13.7. The molecule has 0 aromatic carbocycles. The highest BCUT2D eigenvalue weighted by atomic mass is 16.2. The lowest BCUT2D eigenvalue weighted by atomic mass is 10.2. The maximum atomic E-state index is 12.3. The highest BCUT2D eigenvalue weighted by Gasteiger charge is 2.14.